The molecular weight excluding hydrogens is 464 g/mol. The number of aromatic nitrogens is 6. The van der Waals surface area contributed by atoms with Crippen LogP contribution in [0.25, 0.3) is 33.6 Å². The van der Waals surface area contributed by atoms with Crippen LogP contribution in [0.4, 0.5) is 21.1 Å². The predicted molar refractivity (Wildman–Crippen MR) is 132 cm³/mol. The van der Waals surface area contributed by atoms with Crippen LogP contribution in [-0.2, 0) is 4.74 Å². The highest BCUT2D eigenvalue weighted by molar-refractivity contribution is 6.15. The van der Waals surface area contributed by atoms with Gasteiger partial charge >= 0.3 is 12.2 Å². The fraction of sp³-hybridized carbons (Fsp3) is 0.167. The largest absolute Gasteiger partial charge is 0.464 e. The quantitative estimate of drug-likeness (QED) is 0.383. The molecule has 0 saturated heterocycles. The number of fused-ring (bicyclic) bond motifs is 2. The summed E-state index contributed by atoms with van der Waals surface area (Å²) in [5.41, 5.74) is 8.39. The van der Waals surface area contributed by atoms with E-state index >= 15 is 0 Å². The molecule has 0 aliphatic carbocycles. The fourth-order valence-electron chi connectivity index (χ4n) is 3.92. The van der Waals surface area contributed by atoms with Gasteiger partial charge in [-0.05, 0) is 45.0 Å². The fourth-order valence-corrected chi connectivity index (χ4v) is 3.92. The van der Waals surface area contributed by atoms with Crippen LogP contribution in [0, 0.1) is 0 Å². The van der Waals surface area contributed by atoms with Gasteiger partial charge in [-0.25, -0.2) is 24.5 Å². The van der Waals surface area contributed by atoms with Crippen molar-refractivity contribution >= 4 is 40.4 Å². The monoisotopic (exact) mass is 486 g/mol. The van der Waals surface area contributed by atoms with Crippen LogP contribution in [0.5, 0.6) is 0 Å². The molecule has 182 valence electrons. The van der Waals surface area contributed by atoms with Crippen molar-refractivity contribution in [1.29, 1.82) is 0 Å². The highest BCUT2D eigenvalue weighted by atomic mass is 16.6. The van der Waals surface area contributed by atoms with Crippen LogP contribution in [0.3, 0.4) is 0 Å². The minimum absolute atomic E-state index is 0.149. The third-order valence-electron chi connectivity index (χ3n) is 5.32. The third kappa shape index (κ3) is 3.83. The summed E-state index contributed by atoms with van der Waals surface area (Å²) in [4.78, 5) is 42.9. The molecule has 5 heterocycles. The van der Waals surface area contributed by atoms with Gasteiger partial charge in [0.2, 0.25) is 0 Å². The lowest BCUT2D eigenvalue weighted by molar-refractivity contribution is 0.0581. The first-order valence-corrected chi connectivity index (χ1v) is 10.9. The summed E-state index contributed by atoms with van der Waals surface area (Å²) in [6.45, 7) is 4.94. The average Bonchev–Trinajstić information content (AvgIpc) is 3.45. The number of nitrogens with zero attached hydrogens (tertiary/aromatic N) is 7. The van der Waals surface area contributed by atoms with Crippen molar-refractivity contribution < 1.29 is 19.4 Å². The van der Waals surface area contributed by atoms with Crippen molar-refractivity contribution in [1.82, 2.24) is 28.9 Å². The highest BCUT2D eigenvalue weighted by Gasteiger charge is 2.33. The summed E-state index contributed by atoms with van der Waals surface area (Å²) >= 11 is 0. The van der Waals surface area contributed by atoms with Crippen LogP contribution in [-0.4, -0.2) is 51.8 Å². The molecule has 12 heteroatoms. The molecule has 5 aromatic heterocycles. The Kier molecular flexibility index (Phi) is 5.28. The van der Waals surface area contributed by atoms with Gasteiger partial charge in [0.1, 0.15) is 11.9 Å². The van der Waals surface area contributed by atoms with E-state index < -0.39 is 17.8 Å². The zero-order valence-electron chi connectivity index (χ0n) is 19.7. The van der Waals surface area contributed by atoms with Gasteiger partial charge in [0.05, 0.1) is 28.7 Å². The molecule has 3 N–H and O–H groups in total. The number of carbonyl (C=O) groups excluding carboxylic acids is 1. The van der Waals surface area contributed by atoms with Gasteiger partial charge in [-0.3, -0.25) is 14.0 Å². The summed E-state index contributed by atoms with van der Waals surface area (Å²) in [5, 5.41) is 10.3. The van der Waals surface area contributed by atoms with E-state index in [0.717, 1.165) is 0 Å². The molecule has 0 radical (unpaired) electrons. The molecule has 2 amide bonds. The number of carboxylic acid groups (broad SMARTS) is 1. The molecule has 0 aliphatic rings. The number of amides is 2. The molecule has 5 aromatic rings. The Bertz CT molecular complexity index is 1620. The second kappa shape index (κ2) is 8.34. The Hall–Kier alpha value is -5.00. The molecule has 36 heavy (non-hydrogen) atoms. The number of imidazole rings is 1. The first kappa shape index (κ1) is 22.8. The Morgan fingerprint density at radius 3 is 2.58 bits per heavy atom. The normalized spacial score (nSPS) is 11.6. The Morgan fingerprint density at radius 1 is 1.08 bits per heavy atom. The molecule has 0 bridgehead atoms. The topological polar surface area (TPSA) is 154 Å². The summed E-state index contributed by atoms with van der Waals surface area (Å²) in [6, 6.07) is 7.08. The molecule has 0 saturated carbocycles. The van der Waals surface area contributed by atoms with Crippen molar-refractivity contribution in [2.75, 3.05) is 10.6 Å². The molecule has 0 aliphatic heterocycles. The van der Waals surface area contributed by atoms with Gasteiger partial charge in [-0.1, -0.05) is 0 Å². The Morgan fingerprint density at radius 2 is 1.89 bits per heavy atom. The molecule has 12 nitrogen and oxygen atoms in total. The molecule has 0 fully saturated rings. The molecule has 0 aromatic carbocycles. The predicted octanol–water partition coefficient (Wildman–Crippen LogP) is 4.13. The van der Waals surface area contributed by atoms with Crippen LogP contribution < -0.4 is 10.6 Å². The molecule has 5 rings (SSSR count). The van der Waals surface area contributed by atoms with Gasteiger partial charge in [0, 0.05) is 30.4 Å². The number of hydrogen-bond donors (Lipinski definition) is 2. The standard InChI is InChI=1S/C24H22N8O4/c1-24(2,3)36-23(35)32(22(33)34)21-18-15(17-7-6-16(25)19-27-9-10-30(17)19)12-31(20(18)28-13-29-21)14-5-4-8-26-11-14/h4-13H,25H2,1-3H3,(H,33,34). The van der Waals surface area contributed by atoms with E-state index in [1.54, 1.807) is 78.9 Å². The van der Waals surface area contributed by atoms with Crippen LogP contribution >= 0.6 is 0 Å². The number of nitrogen functional groups attached to an aromatic ring is 1. The second-order valence-electron chi connectivity index (χ2n) is 8.91. The van der Waals surface area contributed by atoms with Crippen molar-refractivity contribution in [2.24, 2.45) is 0 Å². The van der Waals surface area contributed by atoms with Gasteiger partial charge in [-0.2, -0.15) is 4.90 Å². The smallest absolute Gasteiger partial charge is 0.425 e. The van der Waals surface area contributed by atoms with Crippen LogP contribution in [0.15, 0.2) is 61.6 Å². The molecule has 0 spiro atoms. The maximum absolute atomic E-state index is 13.0. The van der Waals surface area contributed by atoms with Crippen LogP contribution in [0.2, 0.25) is 0 Å². The zero-order valence-corrected chi connectivity index (χ0v) is 19.7. The average molecular weight is 486 g/mol. The summed E-state index contributed by atoms with van der Waals surface area (Å²) in [5.74, 6) is -0.149. The number of imide groups is 1. The van der Waals surface area contributed by atoms with E-state index in [4.69, 9.17) is 10.5 Å². The number of pyridine rings is 2. The van der Waals surface area contributed by atoms with E-state index in [1.807, 2.05) is 6.07 Å². The highest BCUT2D eigenvalue weighted by Crippen LogP contribution is 2.38. The number of rotatable bonds is 3. The molecule has 0 atom stereocenters. The number of nitrogens with two attached hydrogens (primary N) is 1. The lowest BCUT2D eigenvalue weighted by atomic mass is 10.1. The number of carbonyl (C=O) groups is 2. The van der Waals surface area contributed by atoms with Gasteiger partial charge in [0.15, 0.2) is 17.1 Å². The van der Waals surface area contributed by atoms with Gasteiger partial charge in [-0.15, -0.1) is 0 Å². The van der Waals surface area contributed by atoms with Crippen LogP contribution in [0.1, 0.15) is 20.8 Å². The lowest BCUT2D eigenvalue weighted by Crippen LogP contribution is -2.40. The Labute approximate surface area is 204 Å². The van der Waals surface area contributed by atoms with E-state index in [0.29, 0.717) is 44.2 Å². The minimum atomic E-state index is -1.55. The minimum Gasteiger partial charge on any atom is -0.464 e. The van der Waals surface area contributed by atoms with Crippen molar-refractivity contribution in [2.45, 2.75) is 26.4 Å². The van der Waals surface area contributed by atoms with E-state index in [1.165, 1.54) is 6.33 Å². The number of anilines is 2. The zero-order chi connectivity index (χ0) is 25.6. The van der Waals surface area contributed by atoms with Crippen molar-refractivity contribution in [3.05, 3.63) is 61.6 Å². The van der Waals surface area contributed by atoms with Gasteiger partial charge < -0.3 is 15.6 Å². The van der Waals surface area contributed by atoms with E-state index in [9.17, 15) is 14.7 Å². The Balaban J connectivity index is 1.85. The number of hydrogen-bond acceptors (Lipinski definition) is 8. The van der Waals surface area contributed by atoms with Crippen molar-refractivity contribution in [3.63, 3.8) is 0 Å². The van der Waals surface area contributed by atoms with E-state index in [2.05, 4.69) is 19.9 Å². The summed E-state index contributed by atoms with van der Waals surface area (Å²) in [7, 11) is 0. The second-order valence-corrected chi connectivity index (χ2v) is 8.91. The number of ether oxygens (including phenoxy) is 1. The van der Waals surface area contributed by atoms with E-state index in [-0.39, 0.29) is 5.82 Å². The lowest BCUT2D eigenvalue weighted by Gasteiger charge is -2.24. The summed E-state index contributed by atoms with van der Waals surface area (Å²) in [6.07, 6.45) is 6.97. The molecular formula is C24H22N8O4. The maximum atomic E-state index is 13.0. The van der Waals surface area contributed by atoms with Gasteiger partial charge in [0.25, 0.3) is 0 Å². The summed E-state index contributed by atoms with van der Waals surface area (Å²) < 4.78 is 8.89. The first-order chi connectivity index (χ1) is 17.2. The first-order valence-electron chi connectivity index (χ1n) is 10.9. The third-order valence-corrected chi connectivity index (χ3v) is 5.32. The maximum Gasteiger partial charge on any atom is 0.425 e. The molecule has 0 unspecified atom stereocenters. The SMILES string of the molecule is CC(C)(C)OC(=O)N(C(=O)O)c1ncnc2c1c(-c1ccc(N)c3nccn13)cn2-c1cccnc1. The van der Waals surface area contributed by atoms with Crippen molar-refractivity contribution in [3.8, 4) is 16.9 Å².